The summed E-state index contributed by atoms with van der Waals surface area (Å²) in [6.07, 6.45) is 0. The average molecular weight is 296 g/mol. The van der Waals surface area contributed by atoms with Crippen molar-refractivity contribution in [2.45, 2.75) is 13.0 Å². The number of hydrogen-bond acceptors (Lipinski definition) is 1. The van der Waals surface area contributed by atoms with E-state index >= 15 is 0 Å². The Labute approximate surface area is 91.6 Å². The van der Waals surface area contributed by atoms with Gasteiger partial charge in [-0.15, -0.1) is 0 Å². The summed E-state index contributed by atoms with van der Waals surface area (Å²) in [5, 5.41) is 3.99. The Bertz CT molecular complexity index is 275. The minimum Gasteiger partial charge on any atom is -0.313 e. The van der Waals surface area contributed by atoms with Crippen LogP contribution in [0.25, 0.3) is 0 Å². The fraction of sp³-hybridized carbons (Fsp3) is 0.333. The zero-order chi connectivity index (χ0) is 9.14. The Kier molecular flexibility index (Phi) is 3.80. The van der Waals surface area contributed by atoms with Crippen molar-refractivity contribution in [3.8, 4) is 0 Å². The molecule has 1 N–H and O–H groups in total. The van der Waals surface area contributed by atoms with Gasteiger partial charge < -0.3 is 5.32 Å². The molecule has 1 nitrogen and oxygen atoms in total. The van der Waals surface area contributed by atoms with Crippen LogP contribution in [0.3, 0.4) is 0 Å². The first kappa shape index (κ1) is 10.3. The van der Waals surface area contributed by atoms with Crippen molar-refractivity contribution in [3.05, 3.63) is 32.4 Å². The van der Waals surface area contributed by atoms with Gasteiger partial charge in [0.2, 0.25) is 0 Å². The number of rotatable bonds is 2. The Hall–Kier alpha value is 0.200. The maximum absolute atomic E-state index is 5.84. The van der Waals surface area contributed by atoms with Gasteiger partial charge in [-0.2, -0.15) is 0 Å². The van der Waals surface area contributed by atoms with Crippen molar-refractivity contribution in [3.63, 3.8) is 0 Å². The molecule has 66 valence electrons. The molecule has 1 aromatic carbocycles. The molecule has 0 radical (unpaired) electrons. The van der Waals surface area contributed by atoms with Gasteiger partial charge in [0.15, 0.2) is 0 Å². The maximum atomic E-state index is 5.84. The topological polar surface area (TPSA) is 12.0 Å². The number of halogens is 2. The minimum absolute atomic E-state index is 0.383. The number of nitrogens with one attached hydrogen (secondary N) is 1. The van der Waals surface area contributed by atoms with Crippen LogP contribution in [0, 0.1) is 3.57 Å². The second kappa shape index (κ2) is 4.44. The van der Waals surface area contributed by atoms with Crippen molar-refractivity contribution in [1.82, 2.24) is 5.32 Å². The summed E-state index contributed by atoms with van der Waals surface area (Å²) in [6.45, 7) is 2.13. The second-order valence-corrected chi connectivity index (χ2v) is 4.27. The Morgan fingerprint density at radius 1 is 1.50 bits per heavy atom. The van der Waals surface area contributed by atoms with Crippen LogP contribution in [0.15, 0.2) is 18.2 Å². The summed E-state index contributed by atoms with van der Waals surface area (Å²) in [6, 6.07) is 6.35. The van der Waals surface area contributed by atoms with Gasteiger partial charge in [0.1, 0.15) is 0 Å². The van der Waals surface area contributed by atoms with Gasteiger partial charge in [-0.05, 0) is 54.3 Å². The third-order valence-electron chi connectivity index (χ3n) is 1.86. The van der Waals surface area contributed by atoms with Crippen molar-refractivity contribution in [1.29, 1.82) is 0 Å². The van der Waals surface area contributed by atoms with Crippen LogP contribution < -0.4 is 5.32 Å². The smallest absolute Gasteiger partial charge is 0.0416 e. The summed E-state index contributed by atoms with van der Waals surface area (Å²) in [7, 11) is 1.95. The first-order valence-electron chi connectivity index (χ1n) is 3.77. The minimum atomic E-state index is 0.383. The molecule has 3 heteroatoms. The molecule has 1 aromatic rings. The highest BCUT2D eigenvalue weighted by Crippen LogP contribution is 2.22. The Morgan fingerprint density at radius 2 is 2.17 bits per heavy atom. The predicted octanol–water partition coefficient (Wildman–Crippen LogP) is 3.23. The van der Waals surface area contributed by atoms with Gasteiger partial charge in [0, 0.05) is 14.6 Å². The van der Waals surface area contributed by atoms with E-state index in [2.05, 4.69) is 40.9 Å². The molecule has 0 heterocycles. The normalized spacial score (nSPS) is 13.0. The lowest BCUT2D eigenvalue weighted by molar-refractivity contribution is 0.649. The molecule has 0 aliphatic rings. The van der Waals surface area contributed by atoms with E-state index in [1.165, 1.54) is 9.13 Å². The maximum Gasteiger partial charge on any atom is 0.0416 e. The Morgan fingerprint density at radius 3 is 2.67 bits per heavy atom. The molecular formula is C9H11ClIN. The summed E-state index contributed by atoms with van der Waals surface area (Å²) >= 11 is 8.14. The summed E-state index contributed by atoms with van der Waals surface area (Å²) in [4.78, 5) is 0. The first-order chi connectivity index (χ1) is 5.65. The molecular weight excluding hydrogens is 284 g/mol. The van der Waals surface area contributed by atoms with Gasteiger partial charge in [-0.1, -0.05) is 17.7 Å². The number of hydrogen-bond donors (Lipinski definition) is 1. The van der Waals surface area contributed by atoms with Gasteiger partial charge >= 0.3 is 0 Å². The SMILES string of the molecule is CN[C@H](C)c1ccc(Cl)cc1I. The second-order valence-electron chi connectivity index (χ2n) is 2.68. The quantitative estimate of drug-likeness (QED) is 0.826. The largest absolute Gasteiger partial charge is 0.313 e. The van der Waals surface area contributed by atoms with Crippen molar-refractivity contribution in [2.75, 3.05) is 7.05 Å². The average Bonchev–Trinajstić information content (AvgIpc) is 2.03. The Balaban J connectivity index is 3.01. The van der Waals surface area contributed by atoms with Crippen molar-refractivity contribution < 1.29 is 0 Å². The lowest BCUT2D eigenvalue weighted by Gasteiger charge is -2.12. The fourth-order valence-corrected chi connectivity index (χ4v) is 2.35. The van der Waals surface area contributed by atoms with Crippen LogP contribution >= 0.6 is 34.2 Å². The van der Waals surface area contributed by atoms with Gasteiger partial charge in [0.05, 0.1) is 0 Å². The molecule has 0 amide bonds. The van der Waals surface area contributed by atoms with Gasteiger partial charge in [-0.3, -0.25) is 0 Å². The van der Waals surface area contributed by atoms with E-state index < -0.39 is 0 Å². The molecule has 12 heavy (non-hydrogen) atoms. The van der Waals surface area contributed by atoms with Crippen LogP contribution in [-0.2, 0) is 0 Å². The molecule has 0 aromatic heterocycles. The third-order valence-corrected chi connectivity index (χ3v) is 3.03. The fourth-order valence-electron chi connectivity index (χ4n) is 1.01. The highest BCUT2D eigenvalue weighted by Gasteiger charge is 2.06. The predicted molar refractivity (Wildman–Crippen MR) is 61.6 cm³/mol. The molecule has 1 rings (SSSR count). The molecule has 0 bridgehead atoms. The van der Waals surface area contributed by atoms with Crippen LogP contribution in [0.5, 0.6) is 0 Å². The van der Waals surface area contributed by atoms with Crippen molar-refractivity contribution >= 4 is 34.2 Å². The van der Waals surface area contributed by atoms with Crippen molar-refractivity contribution in [2.24, 2.45) is 0 Å². The van der Waals surface area contributed by atoms with E-state index in [9.17, 15) is 0 Å². The molecule has 0 spiro atoms. The lowest BCUT2D eigenvalue weighted by atomic mass is 10.1. The summed E-state index contributed by atoms with van der Waals surface area (Å²) in [5.41, 5.74) is 1.29. The molecule has 0 aliphatic heterocycles. The number of benzene rings is 1. The highest BCUT2D eigenvalue weighted by atomic mass is 127. The zero-order valence-corrected chi connectivity index (χ0v) is 9.98. The van der Waals surface area contributed by atoms with E-state index in [1.54, 1.807) is 0 Å². The zero-order valence-electron chi connectivity index (χ0n) is 7.07. The third kappa shape index (κ3) is 2.34. The molecule has 0 saturated carbocycles. The standard InChI is InChI=1S/C9H11ClIN/c1-6(12-2)8-4-3-7(10)5-9(8)11/h3-6,12H,1-2H3/t6-/m1/s1. The van der Waals surface area contributed by atoms with E-state index in [4.69, 9.17) is 11.6 Å². The lowest BCUT2D eigenvalue weighted by Crippen LogP contribution is -2.13. The molecule has 0 unspecified atom stereocenters. The summed E-state index contributed by atoms with van der Waals surface area (Å²) < 4.78 is 1.21. The molecule has 1 atom stereocenters. The van der Waals surface area contributed by atoms with E-state index in [1.807, 2.05) is 19.2 Å². The molecule has 0 aliphatic carbocycles. The molecule has 0 fully saturated rings. The monoisotopic (exact) mass is 295 g/mol. The molecule has 0 saturated heterocycles. The van der Waals surface area contributed by atoms with Crippen LogP contribution in [0.1, 0.15) is 18.5 Å². The van der Waals surface area contributed by atoms with E-state index in [0.29, 0.717) is 6.04 Å². The van der Waals surface area contributed by atoms with Gasteiger partial charge in [-0.25, -0.2) is 0 Å². The van der Waals surface area contributed by atoms with E-state index in [0.717, 1.165) is 5.02 Å². The van der Waals surface area contributed by atoms with Gasteiger partial charge in [0.25, 0.3) is 0 Å². The van der Waals surface area contributed by atoms with Crippen LogP contribution in [-0.4, -0.2) is 7.05 Å². The highest BCUT2D eigenvalue weighted by molar-refractivity contribution is 14.1. The van der Waals surface area contributed by atoms with E-state index in [-0.39, 0.29) is 0 Å². The summed E-state index contributed by atoms with van der Waals surface area (Å²) in [5.74, 6) is 0. The van der Waals surface area contributed by atoms with Crippen LogP contribution in [0.4, 0.5) is 0 Å². The van der Waals surface area contributed by atoms with Crippen LogP contribution in [0.2, 0.25) is 5.02 Å². The first-order valence-corrected chi connectivity index (χ1v) is 5.23.